The van der Waals surface area contributed by atoms with Gasteiger partial charge in [0, 0.05) is 37.5 Å². The number of carboxylic acid groups (broad SMARTS) is 1. The normalized spacial score (nSPS) is 27.3. The van der Waals surface area contributed by atoms with E-state index in [4.69, 9.17) is 5.11 Å². The van der Waals surface area contributed by atoms with Crippen molar-refractivity contribution in [2.75, 3.05) is 18.4 Å². The molecule has 6 nitrogen and oxygen atoms in total. The van der Waals surface area contributed by atoms with E-state index in [0.29, 0.717) is 6.54 Å². The van der Waals surface area contributed by atoms with Crippen molar-refractivity contribution in [3.05, 3.63) is 29.8 Å². The van der Waals surface area contributed by atoms with Crippen LogP contribution in [0.15, 0.2) is 24.3 Å². The number of nitrogens with one attached hydrogen (secondary N) is 1. The molecule has 0 spiro atoms. The van der Waals surface area contributed by atoms with Crippen molar-refractivity contribution in [2.45, 2.75) is 30.9 Å². The molecule has 1 saturated heterocycles. The van der Waals surface area contributed by atoms with Gasteiger partial charge in [-0.15, -0.1) is 0 Å². The van der Waals surface area contributed by atoms with Crippen LogP contribution in [0.1, 0.15) is 24.3 Å². The molecular weight excluding hydrogens is 272 g/mol. The van der Waals surface area contributed by atoms with Crippen LogP contribution in [0.3, 0.4) is 0 Å². The predicted octanol–water partition coefficient (Wildman–Crippen LogP) is 0.632. The lowest BCUT2D eigenvalue weighted by atomic mass is 9.97. The fraction of sp³-hybridized carbons (Fsp3) is 0.467. The Morgan fingerprint density at radius 1 is 1.33 bits per heavy atom. The Bertz CT molecular complexity index is 575. The third kappa shape index (κ3) is 2.58. The van der Waals surface area contributed by atoms with Crippen LogP contribution in [-0.4, -0.2) is 52.2 Å². The van der Waals surface area contributed by atoms with Gasteiger partial charge in [0.1, 0.15) is 6.04 Å². The van der Waals surface area contributed by atoms with Gasteiger partial charge in [0.15, 0.2) is 0 Å². The molecule has 0 aliphatic carbocycles. The summed E-state index contributed by atoms with van der Waals surface area (Å²) in [5.41, 5.74) is 2.13. The molecule has 2 aliphatic heterocycles. The number of anilines is 1. The maximum absolute atomic E-state index is 12.4. The second-order valence-corrected chi connectivity index (χ2v) is 5.66. The highest BCUT2D eigenvalue weighted by Gasteiger charge is 2.39. The summed E-state index contributed by atoms with van der Waals surface area (Å²) in [7, 11) is 0. The molecule has 2 aliphatic rings. The zero-order valence-corrected chi connectivity index (χ0v) is 11.5. The number of aliphatic hydroxyl groups is 1. The number of nitrogens with zero attached hydrogens (tertiary/aromatic N) is 1. The van der Waals surface area contributed by atoms with E-state index in [9.17, 15) is 14.7 Å². The van der Waals surface area contributed by atoms with Gasteiger partial charge in [0.25, 0.3) is 0 Å². The topological polar surface area (TPSA) is 89.9 Å². The SMILES string of the molecule is O=C(O)[C@H]1C[C@@H](O)CN1C(=O)CC1CNc2ccccc21. The minimum atomic E-state index is -1.05. The van der Waals surface area contributed by atoms with Crippen LogP contribution < -0.4 is 5.32 Å². The van der Waals surface area contributed by atoms with Crippen molar-refractivity contribution in [3.63, 3.8) is 0 Å². The van der Waals surface area contributed by atoms with Crippen molar-refractivity contribution < 1.29 is 19.8 Å². The number of hydrogen-bond acceptors (Lipinski definition) is 4. The number of fused-ring (bicyclic) bond motifs is 1. The zero-order valence-electron chi connectivity index (χ0n) is 11.5. The van der Waals surface area contributed by atoms with Crippen LogP contribution in [0, 0.1) is 0 Å². The molecule has 21 heavy (non-hydrogen) atoms. The summed E-state index contributed by atoms with van der Waals surface area (Å²) >= 11 is 0. The van der Waals surface area contributed by atoms with E-state index in [-0.39, 0.29) is 31.2 Å². The van der Waals surface area contributed by atoms with Crippen molar-refractivity contribution in [2.24, 2.45) is 0 Å². The van der Waals surface area contributed by atoms with E-state index in [1.165, 1.54) is 4.90 Å². The molecule has 1 unspecified atom stereocenters. The number of aliphatic carboxylic acids is 1. The van der Waals surface area contributed by atoms with Crippen molar-refractivity contribution in [1.29, 1.82) is 0 Å². The fourth-order valence-corrected chi connectivity index (χ4v) is 3.19. The monoisotopic (exact) mass is 290 g/mol. The summed E-state index contributed by atoms with van der Waals surface area (Å²) in [4.78, 5) is 24.9. The van der Waals surface area contributed by atoms with Gasteiger partial charge in [0.2, 0.25) is 5.91 Å². The van der Waals surface area contributed by atoms with E-state index in [1.54, 1.807) is 0 Å². The van der Waals surface area contributed by atoms with Crippen molar-refractivity contribution in [1.82, 2.24) is 4.90 Å². The Balaban J connectivity index is 1.71. The fourth-order valence-electron chi connectivity index (χ4n) is 3.19. The molecule has 0 saturated carbocycles. The molecule has 6 heteroatoms. The first-order chi connectivity index (χ1) is 10.1. The highest BCUT2D eigenvalue weighted by molar-refractivity contribution is 5.85. The highest BCUT2D eigenvalue weighted by Crippen LogP contribution is 2.34. The number of para-hydroxylation sites is 1. The summed E-state index contributed by atoms with van der Waals surface area (Å²) in [6.07, 6.45) is -0.370. The first kappa shape index (κ1) is 13.9. The maximum Gasteiger partial charge on any atom is 0.326 e. The number of amides is 1. The molecule has 3 N–H and O–H groups in total. The van der Waals surface area contributed by atoms with Gasteiger partial charge < -0.3 is 20.4 Å². The number of β-amino-alcohol motifs (C(OH)–C–C–N with tert-alkyl or cyclic N) is 1. The molecule has 0 aromatic heterocycles. The second kappa shape index (κ2) is 5.37. The van der Waals surface area contributed by atoms with E-state index < -0.39 is 18.1 Å². The molecule has 1 amide bonds. The molecule has 0 radical (unpaired) electrons. The van der Waals surface area contributed by atoms with Crippen LogP contribution in [0.2, 0.25) is 0 Å². The lowest BCUT2D eigenvalue weighted by Crippen LogP contribution is -2.41. The lowest BCUT2D eigenvalue weighted by molar-refractivity contribution is -0.148. The zero-order chi connectivity index (χ0) is 15.0. The lowest BCUT2D eigenvalue weighted by Gasteiger charge is -2.22. The van der Waals surface area contributed by atoms with Gasteiger partial charge in [-0.25, -0.2) is 4.79 Å². The largest absolute Gasteiger partial charge is 0.480 e. The van der Waals surface area contributed by atoms with Crippen LogP contribution in [0.5, 0.6) is 0 Å². The molecule has 1 aromatic carbocycles. The third-order valence-electron chi connectivity index (χ3n) is 4.24. The van der Waals surface area contributed by atoms with Gasteiger partial charge in [-0.05, 0) is 11.6 Å². The Labute approximate surface area is 122 Å². The summed E-state index contributed by atoms with van der Waals surface area (Å²) in [5.74, 6) is -1.20. The molecule has 112 valence electrons. The minimum Gasteiger partial charge on any atom is -0.480 e. The quantitative estimate of drug-likeness (QED) is 0.760. The van der Waals surface area contributed by atoms with E-state index in [1.807, 2.05) is 24.3 Å². The van der Waals surface area contributed by atoms with Crippen LogP contribution in [0.4, 0.5) is 5.69 Å². The number of carbonyl (C=O) groups is 2. The van der Waals surface area contributed by atoms with Crippen molar-refractivity contribution in [3.8, 4) is 0 Å². The Kier molecular flexibility index (Phi) is 3.55. The minimum absolute atomic E-state index is 0.0564. The predicted molar refractivity (Wildman–Crippen MR) is 76.1 cm³/mol. The van der Waals surface area contributed by atoms with Crippen LogP contribution in [0.25, 0.3) is 0 Å². The number of rotatable bonds is 3. The number of carboxylic acids is 1. The first-order valence-corrected chi connectivity index (χ1v) is 7.09. The van der Waals surface area contributed by atoms with E-state index in [2.05, 4.69) is 5.32 Å². The van der Waals surface area contributed by atoms with Gasteiger partial charge in [0.05, 0.1) is 6.10 Å². The average molecular weight is 290 g/mol. The Hall–Kier alpha value is -2.08. The van der Waals surface area contributed by atoms with Gasteiger partial charge in [-0.2, -0.15) is 0 Å². The van der Waals surface area contributed by atoms with Crippen LogP contribution >= 0.6 is 0 Å². The van der Waals surface area contributed by atoms with Gasteiger partial charge in [-0.3, -0.25) is 4.79 Å². The number of hydrogen-bond donors (Lipinski definition) is 3. The average Bonchev–Trinajstić information content (AvgIpc) is 3.03. The summed E-state index contributed by atoms with van der Waals surface area (Å²) in [6.45, 7) is 0.789. The molecule has 0 bridgehead atoms. The van der Waals surface area contributed by atoms with Crippen molar-refractivity contribution >= 4 is 17.6 Å². The van der Waals surface area contributed by atoms with Crippen LogP contribution in [-0.2, 0) is 9.59 Å². The number of benzene rings is 1. The molecule has 3 rings (SSSR count). The van der Waals surface area contributed by atoms with Gasteiger partial charge >= 0.3 is 5.97 Å². The Morgan fingerprint density at radius 2 is 2.10 bits per heavy atom. The Morgan fingerprint density at radius 3 is 2.86 bits per heavy atom. The highest BCUT2D eigenvalue weighted by atomic mass is 16.4. The standard InChI is InChI=1S/C15H18N2O4/c18-10-6-13(15(20)21)17(8-10)14(19)5-9-7-16-12-4-2-1-3-11(9)12/h1-4,9-10,13,16,18H,5-8H2,(H,20,21)/t9?,10-,13-/m1/s1. The summed E-state index contributed by atoms with van der Waals surface area (Å²) in [5, 5.41) is 22.0. The molecule has 1 aromatic rings. The molecular formula is C15H18N2O4. The number of likely N-dealkylation sites (tertiary alicyclic amines) is 1. The number of aliphatic hydroxyl groups excluding tert-OH is 1. The smallest absolute Gasteiger partial charge is 0.326 e. The van der Waals surface area contributed by atoms with Gasteiger partial charge in [-0.1, -0.05) is 18.2 Å². The summed E-state index contributed by atoms with van der Waals surface area (Å²) < 4.78 is 0. The van der Waals surface area contributed by atoms with E-state index >= 15 is 0 Å². The second-order valence-electron chi connectivity index (χ2n) is 5.66. The molecule has 2 heterocycles. The first-order valence-electron chi connectivity index (χ1n) is 7.09. The maximum atomic E-state index is 12.4. The third-order valence-corrected chi connectivity index (χ3v) is 4.24. The molecule has 3 atom stereocenters. The molecule has 1 fully saturated rings. The number of carbonyl (C=O) groups excluding carboxylic acids is 1. The van der Waals surface area contributed by atoms with E-state index in [0.717, 1.165) is 11.3 Å². The summed E-state index contributed by atoms with van der Waals surface area (Å²) in [6, 6.07) is 6.92.